The molecule has 0 fully saturated rings. The molecule has 1 aromatic heterocycles. The van der Waals surface area contributed by atoms with Crippen LogP contribution in [0.4, 0.5) is 5.82 Å². The third kappa shape index (κ3) is 4.65. The lowest BCUT2D eigenvalue weighted by atomic mass is 10.2. The molecule has 0 radical (unpaired) electrons. The number of anilines is 1. The van der Waals surface area contributed by atoms with Crippen LogP contribution in [0.25, 0.3) is 0 Å². The van der Waals surface area contributed by atoms with Crippen molar-refractivity contribution in [2.45, 2.75) is 19.1 Å². The van der Waals surface area contributed by atoms with E-state index in [-0.39, 0.29) is 5.91 Å². The molecule has 0 spiro atoms. The molecule has 0 saturated carbocycles. The molecule has 1 atom stereocenters. The average molecular weight is 253 g/mol. The van der Waals surface area contributed by atoms with Gasteiger partial charge < -0.3 is 10.6 Å². The minimum absolute atomic E-state index is 0.0681. The van der Waals surface area contributed by atoms with Crippen molar-refractivity contribution in [3.63, 3.8) is 0 Å². The second kappa shape index (κ2) is 7.17. The Labute approximate surface area is 107 Å². The summed E-state index contributed by atoms with van der Waals surface area (Å²) in [5.41, 5.74) is 0.597. The van der Waals surface area contributed by atoms with Gasteiger partial charge in [0.05, 0.1) is 5.56 Å². The Morgan fingerprint density at radius 3 is 2.82 bits per heavy atom. The number of carbonyl (C=O) groups excluding carboxylic acids is 1. The molecule has 0 aliphatic heterocycles. The number of nitrogens with zero attached hydrogens (tertiary/aromatic N) is 1. The smallest absolute Gasteiger partial charge is 0.252 e. The van der Waals surface area contributed by atoms with Crippen molar-refractivity contribution in [1.29, 1.82) is 0 Å². The van der Waals surface area contributed by atoms with Crippen molar-refractivity contribution in [3.8, 4) is 0 Å². The number of hydrogen-bond donors (Lipinski definition) is 2. The molecule has 5 heteroatoms. The molecule has 17 heavy (non-hydrogen) atoms. The van der Waals surface area contributed by atoms with Gasteiger partial charge in [-0.15, -0.1) is 0 Å². The van der Waals surface area contributed by atoms with Crippen LogP contribution in [0.5, 0.6) is 0 Å². The lowest BCUT2D eigenvalue weighted by Gasteiger charge is -2.10. The number of carbonyl (C=O) groups is 1. The highest BCUT2D eigenvalue weighted by atomic mass is 32.2. The number of nitrogens with one attached hydrogen (secondary N) is 2. The second-order valence-electron chi connectivity index (χ2n) is 3.72. The minimum atomic E-state index is -0.0681. The standard InChI is InChI=1S/C12H19N3OS/c1-4-13-11-6-5-10(8-14-11)12(16)15-7-9(2)17-3/h5-6,8-9H,4,7H2,1-3H3,(H,13,14)(H,15,16). The van der Waals surface area contributed by atoms with E-state index >= 15 is 0 Å². The first-order valence-corrected chi connectivity index (χ1v) is 6.97. The summed E-state index contributed by atoms with van der Waals surface area (Å²) in [5.74, 6) is 0.725. The zero-order valence-electron chi connectivity index (χ0n) is 10.5. The first kappa shape index (κ1) is 13.8. The summed E-state index contributed by atoms with van der Waals surface area (Å²) in [7, 11) is 0. The summed E-state index contributed by atoms with van der Waals surface area (Å²) in [5, 5.41) is 6.39. The molecular formula is C12H19N3OS. The van der Waals surface area contributed by atoms with Crippen LogP contribution in [0.1, 0.15) is 24.2 Å². The quantitative estimate of drug-likeness (QED) is 0.814. The Balaban J connectivity index is 2.51. The van der Waals surface area contributed by atoms with E-state index < -0.39 is 0 Å². The number of rotatable bonds is 6. The van der Waals surface area contributed by atoms with E-state index in [2.05, 4.69) is 22.5 Å². The van der Waals surface area contributed by atoms with Gasteiger partial charge in [0, 0.05) is 24.5 Å². The van der Waals surface area contributed by atoms with Crippen LogP contribution in [0, 0.1) is 0 Å². The first-order valence-electron chi connectivity index (χ1n) is 5.68. The van der Waals surface area contributed by atoms with E-state index in [1.165, 1.54) is 0 Å². The monoisotopic (exact) mass is 253 g/mol. The van der Waals surface area contributed by atoms with E-state index in [4.69, 9.17) is 0 Å². The van der Waals surface area contributed by atoms with Crippen molar-refractivity contribution in [2.24, 2.45) is 0 Å². The SMILES string of the molecule is CCNc1ccc(C(=O)NCC(C)SC)cn1. The Hall–Kier alpha value is -1.23. The zero-order chi connectivity index (χ0) is 12.7. The molecule has 94 valence electrons. The Bertz CT molecular complexity index is 353. The van der Waals surface area contributed by atoms with Crippen LogP contribution in [-0.4, -0.2) is 35.5 Å². The highest BCUT2D eigenvalue weighted by molar-refractivity contribution is 7.99. The van der Waals surface area contributed by atoms with Gasteiger partial charge in [-0.1, -0.05) is 6.92 Å². The van der Waals surface area contributed by atoms with Crippen LogP contribution >= 0.6 is 11.8 Å². The van der Waals surface area contributed by atoms with Crippen molar-refractivity contribution in [1.82, 2.24) is 10.3 Å². The molecule has 0 aliphatic carbocycles. The van der Waals surface area contributed by atoms with Crippen molar-refractivity contribution >= 4 is 23.5 Å². The highest BCUT2D eigenvalue weighted by Crippen LogP contribution is 2.06. The molecule has 1 heterocycles. The Kier molecular flexibility index (Phi) is 5.83. The van der Waals surface area contributed by atoms with Gasteiger partial charge in [-0.05, 0) is 25.3 Å². The minimum Gasteiger partial charge on any atom is -0.370 e. The van der Waals surface area contributed by atoms with Crippen molar-refractivity contribution < 1.29 is 4.79 Å². The van der Waals surface area contributed by atoms with Gasteiger partial charge in [0.2, 0.25) is 0 Å². The predicted octanol–water partition coefficient (Wildman–Crippen LogP) is 1.99. The Morgan fingerprint density at radius 1 is 1.53 bits per heavy atom. The number of aromatic nitrogens is 1. The fourth-order valence-corrected chi connectivity index (χ4v) is 1.49. The molecule has 1 rings (SSSR count). The van der Waals surface area contributed by atoms with E-state index in [9.17, 15) is 4.79 Å². The summed E-state index contributed by atoms with van der Waals surface area (Å²) in [6, 6.07) is 3.60. The maximum atomic E-state index is 11.8. The fraction of sp³-hybridized carbons (Fsp3) is 0.500. The van der Waals surface area contributed by atoms with Crippen LogP contribution < -0.4 is 10.6 Å². The fourth-order valence-electron chi connectivity index (χ4n) is 1.24. The van der Waals surface area contributed by atoms with Crippen molar-refractivity contribution in [2.75, 3.05) is 24.7 Å². The van der Waals surface area contributed by atoms with E-state index in [1.807, 2.05) is 19.2 Å². The van der Waals surface area contributed by atoms with Gasteiger partial charge in [0.1, 0.15) is 5.82 Å². The van der Waals surface area contributed by atoms with Gasteiger partial charge in [-0.25, -0.2) is 4.98 Å². The van der Waals surface area contributed by atoms with Gasteiger partial charge >= 0.3 is 0 Å². The highest BCUT2D eigenvalue weighted by Gasteiger charge is 2.07. The lowest BCUT2D eigenvalue weighted by molar-refractivity contribution is 0.0954. The van der Waals surface area contributed by atoms with E-state index in [0.29, 0.717) is 17.4 Å². The molecule has 0 saturated heterocycles. The number of thioether (sulfide) groups is 1. The number of pyridine rings is 1. The third-order valence-electron chi connectivity index (χ3n) is 2.34. The third-order valence-corrected chi connectivity index (χ3v) is 3.31. The average Bonchev–Trinajstić information content (AvgIpc) is 2.36. The molecule has 1 unspecified atom stereocenters. The normalized spacial score (nSPS) is 11.9. The summed E-state index contributed by atoms with van der Waals surface area (Å²) < 4.78 is 0. The van der Waals surface area contributed by atoms with E-state index in [0.717, 1.165) is 12.4 Å². The zero-order valence-corrected chi connectivity index (χ0v) is 11.3. The first-order chi connectivity index (χ1) is 8.17. The van der Waals surface area contributed by atoms with Crippen LogP contribution in [0.2, 0.25) is 0 Å². The summed E-state index contributed by atoms with van der Waals surface area (Å²) in [4.78, 5) is 15.9. The molecule has 4 nitrogen and oxygen atoms in total. The van der Waals surface area contributed by atoms with Crippen molar-refractivity contribution in [3.05, 3.63) is 23.9 Å². The Morgan fingerprint density at radius 2 is 2.29 bits per heavy atom. The van der Waals surface area contributed by atoms with Crippen LogP contribution in [0.3, 0.4) is 0 Å². The predicted molar refractivity (Wildman–Crippen MR) is 73.7 cm³/mol. The molecule has 0 aromatic carbocycles. The molecule has 1 amide bonds. The largest absolute Gasteiger partial charge is 0.370 e. The maximum absolute atomic E-state index is 11.8. The molecule has 0 aliphatic rings. The second-order valence-corrected chi connectivity index (χ2v) is 4.99. The number of hydrogen-bond acceptors (Lipinski definition) is 4. The van der Waals surface area contributed by atoms with Gasteiger partial charge in [0.15, 0.2) is 0 Å². The summed E-state index contributed by atoms with van der Waals surface area (Å²) >= 11 is 1.73. The maximum Gasteiger partial charge on any atom is 0.252 e. The molecular weight excluding hydrogens is 234 g/mol. The van der Waals surface area contributed by atoms with Gasteiger partial charge in [-0.3, -0.25) is 4.79 Å². The van der Waals surface area contributed by atoms with E-state index in [1.54, 1.807) is 24.0 Å². The van der Waals surface area contributed by atoms with Gasteiger partial charge in [0.25, 0.3) is 5.91 Å². The van der Waals surface area contributed by atoms with Crippen LogP contribution in [0.15, 0.2) is 18.3 Å². The molecule has 0 bridgehead atoms. The van der Waals surface area contributed by atoms with Gasteiger partial charge in [-0.2, -0.15) is 11.8 Å². The molecule has 2 N–H and O–H groups in total. The molecule has 1 aromatic rings. The topological polar surface area (TPSA) is 54.0 Å². The number of amides is 1. The summed E-state index contributed by atoms with van der Waals surface area (Å²) in [6.45, 7) is 5.59. The summed E-state index contributed by atoms with van der Waals surface area (Å²) in [6.07, 6.45) is 3.63. The van der Waals surface area contributed by atoms with Crippen LogP contribution in [-0.2, 0) is 0 Å². The lowest BCUT2D eigenvalue weighted by Crippen LogP contribution is -2.29.